The van der Waals surface area contributed by atoms with Gasteiger partial charge >= 0.3 is 12.5 Å². The lowest BCUT2D eigenvalue weighted by atomic mass is 10.0. The Hall–Kier alpha value is -4.35. The van der Waals surface area contributed by atoms with Gasteiger partial charge in [0, 0.05) is 43.7 Å². The van der Waals surface area contributed by atoms with E-state index in [0.29, 0.717) is 54.5 Å². The topological polar surface area (TPSA) is 98.0 Å². The molecule has 2 aliphatic rings. The van der Waals surface area contributed by atoms with Crippen molar-refractivity contribution in [1.82, 2.24) is 19.9 Å². The summed E-state index contributed by atoms with van der Waals surface area (Å²) < 4.78 is 52.4. The Morgan fingerprint density at radius 2 is 1.82 bits per heavy atom. The molecule has 0 aliphatic carbocycles. The van der Waals surface area contributed by atoms with E-state index in [1.807, 2.05) is 39.8 Å². The fourth-order valence-electron chi connectivity index (χ4n) is 5.39. The van der Waals surface area contributed by atoms with Gasteiger partial charge in [-0.1, -0.05) is 28.9 Å². The van der Waals surface area contributed by atoms with Crippen LogP contribution < -0.4 is 4.74 Å². The third-order valence-corrected chi connectivity index (χ3v) is 7.38. The Labute approximate surface area is 253 Å². The summed E-state index contributed by atoms with van der Waals surface area (Å²) in [6.07, 6.45) is -0.0391. The molecule has 2 aliphatic heterocycles. The molecule has 0 saturated heterocycles. The first kappa shape index (κ1) is 31.1. The lowest BCUT2D eigenvalue weighted by Crippen LogP contribution is -2.37. The van der Waals surface area contributed by atoms with Crippen molar-refractivity contribution in [3.63, 3.8) is 0 Å². The van der Waals surface area contributed by atoms with Crippen molar-refractivity contribution in [1.29, 1.82) is 0 Å². The number of halogens is 3. The number of carbonyl (C=O) groups excluding carboxylic acids is 2. The van der Waals surface area contributed by atoms with Gasteiger partial charge in [0.05, 0.1) is 0 Å². The molecule has 44 heavy (non-hydrogen) atoms. The van der Waals surface area contributed by atoms with Crippen LogP contribution in [-0.4, -0.2) is 57.0 Å². The van der Waals surface area contributed by atoms with Gasteiger partial charge in [-0.15, -0.1) is 13.2 Å². The van der Waals surface area contributed by atoms with E-state index in [1.165, 1.54) is 29.8 Å². The number of carbonyl (C=O) groups is 2. The second-order valence-corrected chi connectivity index (χ2v) is 12.1. The first-order valence-corrected chi connectivity index (χ1v) is 14.5. The molecular weight excluding hydrogens is 577 g/mol. The maximum absolute atomic E-state index is 13.2. The molecule has 234 valence electrons. The first-order chi connectivity index (χ1) is 20.7. The normalized spacial score (nSPS) is 15.6. The van der Waals surface area contributed by atoms with Crippen molar-refractivity contribution in [2.75, 3.05) is 13.1 Å². The van der Waals surface area contributed by atoms with E-state index in [9.17, 15) is 22.8 Å². The molecule has 3 aromatic rings. The summed E-state index contributed by atoms with van der Waals surface area (Å²) in [6.45, 7) is 9.22. The molecule has 0 fully saturated rings. The minimum absolute atomic E-state index is 0.146. The van der Waals surface area contributed by atoms with E-state index in [-0.39, 0.29) is 24.3 Å². The average Bonchev–Trinajstić information content (AvgIpc) is 3.43. The van der Waals surface area contributed by atoms with Gasteiger partial charge in [0.2, 0.25) is 0 Å². The molecule has 2 amide bonds. The number of rotatable bonds is 7. The summed E-state index contributed by atoms with van der Waals surface area (Å²) >= 11 is 0. The molecule has 5 rings (SSSR count). The lowest BCUT2D eigenvalue weighted by Gasteiger charge is -2.26. The van der Waals surface area contributed by atoms with Gasteiger partial charge < -0.3 is 23.8 Å². The zero-order chi connectivity index (χ0) is 31.6. The average molecular weight is 613 g/mol. The summed E-state index contributed by atoms with van der Waals surface area (Å²) in [6, 6.07) is 9.21. The first-order valence-electron chi connectivity index (χ1n) is 14.5. The predicted octanol–water partition coefficient (Wildman–Crippen LogP) is 6.99. The summed E-state index contributed by atoms with van der Waals surface area (Å²) in [5.74, 6) is 0.478. The Morgan fingerprint density at radius 1 is 1.07 bits per heavy atom. The van der Waals surface area contributed by atoms with E-state index in [2.05, 4.69) is 21.0 Å². The van der Waals surface area contributed by atoms with E-state index < -0.39 is 12.0 Å². The quantitative estimate of drug-likeness (QED) is 0.265. The highest BCUT2D eigenvalue weighted by Gasteiger charge is 2.32. The van der Waals surface area contributed by atoms with Crippen LogP contribution in [-0.2, 0) is 24.2 Å². The third-order valence-electron chi connectivity index (χ3n) is 7.38. The molecule has 9 nitrogen and oxygen atoms in total. The SMILES string of the molecule is Cc1cc(-c2nc(CCC3=CCCN(C(=O)OC(C)(C)C)CC3)no2)cc2c1C(=O)N(Cc1ccc(OC(F)(F)F)cc1)C2. The Balaban J connectivity index is 1.18. The molecule has 3 heterocycles. The van der Waals surface area contributed by atoms with Gasteiger partial charge in [0.25, 0.3) is 11.8 Å². The molecule has 0 atom stereocenters. The maximum Gasteiger partial charge on any atom is 0.573 e. The van der Waals surface area contributed by atoms with Crippen molar-refractivity contribution in [3.8, 4) is 17.2 Å². The van der Waals surface area contributed by atoms with Crippen molar-refractivity contribution in [2.24, 2.45) is 0 Å². The van der Waals surface area contributed by atoms with Crippen molar-refractivity contribution in [2.45, 2.75) is 78.4 Å². The molecule has 0 saturated carbocycles. The van der Waals surface area contributed by atoms with Gasteiger partial charge in [-0.2, -0.15) is 4.98 Å². The number of hydrogen-bond donors (Lipinski definition) is 0. The van der Waals surface area contributed by atoms with Crippen LogP contribution in [0.3, 0.4) is 0 Å². The summed E-state index contributed by atoms with van der Waals surface area (Å²) in [7, 11) is 0. The second kappa shape index (κ2) is 12.3. The number of fused-ring (bicyclic) bond motifs is 1. The Kier molecular flexibility index (Phi) is 8.71. The predicted molar refractivity (Wildman–Crippen MR) is 155 cm³/mol. The number of nitrogens with zero attached hydrogens (tertiary/aromatic N) is 4. The number of aromatic nitrogens is 2. The second-order valence-electron chi connectivity index (χ2n) is 12.1. The summed E-state index contributed by atoms with van der Waals surface area (Å²) in [5.41, 5.74) is 4.29. The smallest absolute Gasteiger partial charge is 0.444 e. The van der Waals surface area contributed by atoms with Crippen LogP contribution in [0.5, 0.6) is 5.75 Å². The molecular formula is C32H35F3N4O5. The highest BCUT2D eigenvalue weighted by molar-refractivity contribution is 6.00. The molecule has 0 radical (unpaired) electrons. The summed E-state index contributed by atoms with van der Waals surface area (Å²) in [5, 5.41) is 4.17. The molecule has 0 unspecified atom stereocenters. The van der Waals surface area contributed by atoms with Gasteiger partial charge in [-0.05, 0) is 87.9 Å². The minimum Gasteiger partial charge on any atom is -0.444 e. The van der Waals surface area contributed by atoms with Crippen LogP contribution in [0, 0.1) is 6.92 Å². The minimum atomic E-state index is -4.76. The monoisotopic (exact) mass is 612 g/mol. The van der Waals surface area contributed by atoms with Crippen LogP contribution >= 0.6 is 0 Å². The number of ether oxygens (including phenoxy) is 2. The lowest BCUT2D eigenvalue weighted by molar-refractivity contribution is -0.274. The van der Waals surface area contributed by atoms with E-state index in [1.54, 1.807) is 9.80 Å². The fraction of sp³-hybridized carbons (Fsp3) is 0.438. The number of aryl methyl sites for hydroxylation is 2. The number of benzene rings is 2. The van der Waals surface area contributed by atoms with Crippen LogP contribution in [0.4, 0.5) is 18.0 Å². The molecule has 0 spiro atoms. The maximum atomic E-state index is 13.2. The third kappa shape index (κ3) is 7.78. The van der Waals surface area contributed by atoms with E-state index in [4.69, 9.17) is 9.26 Å². The van der Waals surface area contributed by atoms with Crippen molar-refractivity contribution < 1.29 is 36.8 Å². The van der Waals surface area contributed by atoms with Gasteiger partial charge in [0.15, 0.2) is 5.82 Å². The van der Waals surface area contributed by atoms with Gasteiger partial charge in [-0.3, -0.25) is 4.79 Å². The molecule has 0 bridgehead atoms. The van der Waals surface area contributed by atoms with E-state index >= 15 is 0 Å². The Bertz CT molecular complexity index is 1560. The van der Waals surface area contributed by atoms with Crippen LogP contribution in [0.1, 0.15) is 72.9 Å². The zero-order valence-corrected chi connectivity index (χ0v) is 25.2. The zero-order valence-electron chi connectivity index (χ0n) is 25.2. The molecule has 12 heteroatoms. The van der Waals surface area contributed by atoms with Crippen LogP contribution in [0.2, 0.25) is 0 Å². The van der Waals surface area contributed by atoms with E-state index in [0.717, 1.165) is 30.4 Å². The summed E-state index contributed by atoms with van der Waals surface area (Å²) in [4.78, 5) is 33.6. The van der Waals surface area contributed by atoms with Gasteiger partial charge in [-0.25, -0.2) is 4.79 Å². The fourth-order valence-corrected chi connectivity index (χ4v) is 5.39. The largest absolute Gasteiger partial charge is 0.573 e. The van der Waals surface area contributed by atoms with Gasteiger partial charge in [0.1, 0.15) is 11.4 Å². The standard InChI is InChI=1S/C32H35F3N4O5/c1-20-16-23(17-24-19-39(29(40)27(20)24)18-22-7-10-25(11-8-22)42-32(33,34)35)28-36-26(37-44-28)12-9-21-6-5-14-38(15-13-21)30(41)43-31(2,3)4/h6-8,10-11,16-17H,5,9,12-15,18-19H2,1-4H3. The highest BCUT2D eigenvalue weighted by Crippen LogP contribution is 2.32. The highest BCUT2D eigenvalue weighted by atomic mass is 19.4. The van der Waals surface area contributed by atoms with Crippen molar-refractivity contribution in [3.05, 3.63) is 76.1 Å². The number of alkyl halides is 3. The number of amides is 2. The van der Waals surface area contributed by atoms with Crippen LogP contribution in [0.15, 0.2) is 52.6 Å². The molecule has 0 N–H and O–H groups in total. The number of hydrogen-bond acceptors (Lipinski definition) is 7. The molecule has 2 aromatic carbocycles. The van der Waals surface area contributed by atoms with Crippen LogP contribution in [0.25, 0.3) is 11.5 Å². The molecule has 1 aromatic heterocycles. The van der Waals surface area contributed by atoms with Crippen molar-refractivity contribution >= 4 is 12.0 Å². The Morgan fingerprint density at radius 3 is 2.52 bits per heavy atom.